The van der Waals surface area contributed by atoms with Crippen molar-refractivity contribution in [2.24, 2.45) is 0 Å². The normalized spacial score (nSPS) is 12.4. The van der Waals surface area contributed by atoms with Crippen molar-refractivity contribution >= 4 is 17.7 Å². The van der Waals surface area contributed by atoms with E-state index >= 15 is 0 Å². The molecule has 20 heavy (non-hydrogen) atoms. The SMILES string of the molecule is CC(C)c1nnc(SCC(=O)O)n1CC(C)(C)N(C)C. The summed E-state index contributed by atoms with van der Waals surface area (Å²) < 4.78 is 2.04. The molecule has 0 fully saturated rings. The first-order valence-electron chi connectivity index (χ1n) is 6.60. The molecule has 114 valence electrons. The summed E-state index contributed by atoms with van der Waals surface area (Å²) in [4.78, 5) is 12.9. The Bertz CT molecular complexity index is 469. The number of rotatable bonds is 7. The van der Waals surface area contributed by atoms with Crippen molar-refractivity contribution in [2.45, 2.75) is 50.9 Å². The van der Waals surface area contributed by atoms with Gasteiger partial charge in [0.1, 0.15) is 5.82 Å². The van der Waals surface area contributed by atoms with Crippen molar-refractivity contribution in [2.75, 3.05) is 19.8 Å². The zero-order chi connectivity index (χ0) is 15.5. The number of nitrogens with zero attached hydrogens (tertiary/aromatic N) is 4. The molecule has 1 aromatic rings. The second kappa shape index (κ2) is 6.58. The average molecular weight is 300 g/mol. The molecule has 0 spiro atoms. The number of aromatic nitrogens is 3. The van der Waals surface area contributed by atoms with Crippen LogP contribution in [0, 0.1) is 0 Å². The van der Waals surface area contributed by atoms with E-state index in [0.29, 0.717) is 5.16 Å². The Balaban J connectivity index is 3.06. The van der Waals surface area contributed by atoms with E-state index in [9.17, 15) is 4.79 Å². The molecule has 0 aliphatic heterocycles. The van der Waals surface area contributed by atoms with Crippen molar-refractivity contribution in [3.63, 3.8) is 0 Å². The number of hydrogen-bond acceptors (Lipinski definition) is 5. The van der Waals surface area contributed by atoms with E-state index in [1.165, 1.54) is 11.8 Å². The van der Waals surface area contributed by atoms with Crippen LogP contribution in [0.1, 0.15) is 39.4 Å². The molecule has 1 heterocycles. The number of hydrogen-bond donors (Lipinski definition) is 1. The van der Waals surface area contributed by atoms with Crippen LogP contribution in [0.3, 0.4) is 0 Å². The second-order valence-corrected chi connectivity index (χ2v) is 6.91. The number of likely N-dealkylation sites (N-methyl/N-ethyl adjacent to an activating group) is 1. The number of aliphatic carboxylic acids is 1. The fourth-order valence-electron chi connectivity index (χ4n) is 1.64. The van der Waals surface area contributed by atoms with Gasteiger partial charge in [-0.3, -0.25) is 4.79 Å². The number of carboxylic acids is 1. The maximum Gasteiger partial charge on any atom is 0.313 e. The molecule has 0 radical (unpaired) electrons. The summed E-state index contributed by atoms with van der Waals surface area (Å²) in [5.41, 5.74) is -0.0649. The van der Waals surface area contributed by atoms with Gasteiger partial charge in [0.2, 0.25) is 0 Å². The Labute approximate surface area is 124 Å². The molecule has 1 rings (SSSR count). The van der Waals surface area contributed by atoms with E-state index in [1.54, 1.807) is 0 Å². The molecular weight excluding hydrogens is 276 g/mol. The fraction of sp³-hybridized carbons (Fsp3) is 0.769. The lowest BCUT2D eigenvalue weighted by atomic mass is 10.0. The molecule has 0 unspecified atom stereocenters. The van der Waals surface area contributed by atoms with Gasteiger partial charge in [0, 0.05) is 18.0 Å². The monoisotopic (exact) mass is 300 g/mol. The van der Waals surface area contributed by atoms with E-state index in [1.807, 2.05) is 18.7 Å². The second-order valence-electron chi connectivity index (χ2n) is 5.97. The van der Waals surface area contributed by atoms with Crippen molar-refractivity contribution in [3.05, 3.63) is 5.82 Å². The highest BCUT2D eigenvalue weighted by Gasteiger charge is 2.26. The zero-order valence-corrected chi connectivity index (χ0v) is 13.9. The lowest BCUT2D eigenvalue weighted by molar-refractivity contribution is -0.133. The predicted octanol–water partition coefficient (Wildman–Crippen LogP) is 1.92. The standard InChI is InChI=1S/C13H24N4O2S/c1-9(2)11-14-15-12(20-7-10(18)19)17(11)8-13(3,4)16(5)6/h9H,7-8H2,1-6H3,(H,18,19). The molecule has 6 nitrogen and oxygen atoms in total. The molecule has 0 aliphatic rings. The van der Waals surface area contributed by atoms with Gasteiger partial charge in [-0.15, -0.1) is 10.2 Å². The first-order chi connectivity index (χ1) is 9.15. The minimum atomic E-state index is -0.845. The zero-order valence-electron chi connectivity index (χ0n) is 13.0. The van der Waals surface area contributed by atoms with Gasteiger partial charge >= 0.3 is 5.97 Å². The molecule has 1 N–H and O–H groups in total. The molecule has 0 atom stereocenters. The predicted molar refractivity (Wildman–Crippen MR) is 80.2 cm³/mol. The third kappa shape index (κ3) is 4.21. The van der Waals surface area contributed by atoms with Crippen LogP contribution in [0.4, 0.5) is 0 Å². The van der Waals surface area contributed by atoms with Gasteiger partial charge in [-0.05, 0) is 27.9 Å². The number of thioether (sulfide) groups is 1. The first kappa shape index (κ1) is 17.0. The first-order valence-corrected chi connectivity index (χ1v) is 7.59. The van der Waals surface area contributed by atoms with E-state index in [0.717, 1.165) is 12.4 Å². The Morgan fingerprint density at radius 3 is 2.45 bits per heavy atom. The molecule has 0 aliphatic carbocycles. The highest BCUT2D eigenvalue weighted by molar-refractivity contribution is 7.99. The molecule has 0 saturated carbocycles. The summed E-state index contributed by atoms with van der Waals surface area (Å²) in [6.07, 6.45) is 0. The van der Waals surface area contributed by atoms with Gasteiger partial charge in [0.25, 0.3) is 0 Å². The van der Waals surface area contributed by atoms with Crippen LogP contribution in [0.5, 0.6) is 0 Å². The van der Waals surface area contributed by atoms with Crippen molar-refractivity contribution in [1.29, 1.82) is 0 Å². The molecule has 0 aromatic carbocycles. The summed E-state index contributed by atoms with van der Waals surface area (Å²) >= 11 is 1.22. The highest BCUT2D eigenvalue weighted by Crippen LogP contribution is 2.25. The summed E-state index contributed by atoms with van der Waals surface area (Å²) in [6.45, 7) is 9.14. The summed E-state index contributed by atoms with van der Waals surface area (Å²) in [6, 6.07) is 0. The fourth-order valence-corrected chi connectivity index (χ4v) is 2.30. The largest absolute Gasteiger partial charge is 0.481 e. The van der Waals surface area contributed by atoms with Gasteiger partial charge in [0.15, 0.2) is 5.16 Å². The van der Waals surface area contributed by atoms with Crippen LogP contribution in [0.25, 0.3) is 0 Å². The molecule has 0 bridgehead atoms. The third-order valence-electron chi connectivity index (χ3n) is 3.34. The quantitative estimate of drug-likeness (QED) is 0.776. The molecule has 0 amide bonds. The van der Waals surface area contributed by atoms with Crippen LogP contribution in [-0.2, 0) is 11.3 Å². The van der Waals surface area contributed by atoms with Crippen molar-refractivity contribution in [3.8, 4) is 0 Å². The lowest BCUT2D eigenvalue weighted by Crippen LogP contribution is -2.42. The topological polar surface area (TPSA) is 71.2 Å². The third-order valence-corrected chi connectivity index (χ3v) is 4.29. The Hall–Kier alpha value is -1.08. The van der Waals surface area contributed by atoms with Gasteiger partial charge in [-0.25, -0.2) is 0 Å². The number of carboxylic acid groups (broad SMARTS) is 1. The molecule has 0 saturated heterocycles. The smallest absolute Gasteiger partial charge is 0.313 e. The molecule has 7 heteroatoms. The maximum absolute atomic E-state index is 10.7. The van der Waals surface area contributed by atoms with Crippen LogP contribution in [0.2, 0.25) is 0 Å². The summed E-state index contributed by atoms with van der Waals surface area (Å²) in [5.74, 6) is 0.300. The van der Waals surface area contributed by atoms with Crippen LogP contribution >= 0.6 is 11.8 Å². The Kier molecular flexibility index (Phi) is 5.59. The Morgan fingerprint density at radius 2 is 2.00 bits per heavy atom. The minimum Gasteiger partial charge on any atom is -0.481 e. The van der Waals surface area contributed by atoms with Crippen LogP contribution in [-0.4, -0.2) is 56.1 Å². The van der Waals surface area contributed by atoms with Gasteiger partial charge in [-0.2, -0.15) is 0 Å². The van der Waals surface area contributed by atoms with Crippen LogP contribution in [0.15, 0.2) is 5.16 Å². The number of carbonyl (C=O) groups is 1. The molecular formula is C13H24N4O2S. The summed E-state index contributed by atoms with van der Waals surface area (Å²) in [5, 5.41) is 17.9. The minimum absolute atomic E-state index is 0.00137. The van der Waals surface area contributed by atoms with Gasteiger partial charge in [-0.1, -0.05) is 25.6 Å². The maximum atomic E-state index is 10.7. The van der Waals surface area contributed by atoms with E-state index in [4.69, 9.17) is 5.11 Å². The van der Waals surface area contributed by atoms with Gasteiger partial charge < -0.3 is 14.6 Å². The van der Waals surface area contributed by atoms with Gasteiger partial charge in [0.05, 0.1) is 5.75 Å². The Morgan fingerprint density at radius 1 is 1.40 bits per heavy atom. The van der Waals surface area contributed by atoms with E-state index < -0.39 is 5.97 Å². The van der Waals surface area contributed by atoms with Crippen molar-refractivity contribution < 1.29 is 9.90 Å². The van der Waals surface area contributed by atoms with Crippen molar-refractivity contribution in [1.82, 2.24) is 19.7 Å². The molecule has 1 aromatic heterocycles. The average Bonchev–Trinajstić information content (AvgIpc) is 2.68. The summed E-state index contributed by atoms with van der Waals surface area (Å²) in [7, 11) is 4.06. The lowest BCUT2D eigenvalue weighted by Gasteiger charge is -2.33. The van der Waals surface area contributed by atoms with E-state index in [-0.39, 0.29) is 17.2 Å². The highest BCUT2D eigenvalue weighted by atomic mass is 32.2. The van der Waals surface area contributed by atoms with Crippen LogP contribution < -0.4 is 0 Å². The van der Waals surface area contributed by atoms with E-state index in [2.05, 4.69) is 42.8 Å².